The van der Waals surface area contributed by atoms with E-state index in [0.29, 0.717) is 0 Å². The molecule has 0 unspecified atom stereocenters. The van der Waals surface area contributed by atoms with E-state index in [1.807, 2.05) is 0 Å². The predicted molar refractivity (Wildman–Crippen MR) is 215 cm³/mol. The summed E-state index contributed by atoms with van der Waals surface area (Å²) >= 11 is 0. The molecule has 7 rings (SSSR count). The quantitative estimate of drug-likeness (QED) is 0.0771. The Hall–Kier alpha value is -5.16. The number of benzene rings is 7. The predicted octanol–water partition coefficient (Wildman–Crippen LogP) is 10.3. The lowest BCUT2D eigenvalue weighted by Gasteiger charge is -2.28. The summed E-state index contributed by atoms with van der Waals surface area (Å²) in [5.74, 6) is 3.93. The van der Waals surface area contributed by atoms with Crippen molar-refractivity contribution in [1.29, 1.82) is 0 Å². The summed E-state index contributed by atoms with van der Waals surface area (Å²) in [5.41, 5.74) is 10.5. The molecule has 0 aliphatic carbocycles. The maximum atomic E-state index is 4.09. The standard InChI is InChI=1S/C48H44Si/c1-47(2,3)36-32-35(33-37(34-36)48(4,5)6)46-44-28-18-16-26-41(44)43(42-27-17-19-29-45(42)46)30-31-49(38-20-10-7-11-21-38,39-22-12-8-13-23-39)40-24-14-9-15-25-40/h7-29,32-34H,1-6H3. The van der Waals surface area contributed by atoms with E-state index in [4.69, 9.17) is 0 Å². The summed E-state index contributed by atoms with van der Waals surface area (Å²) in [7, 11) is -2.78. The minimum Gasteiger partial charge on any atom is -0.109 e. The van der Waals surface area contributed by atoms with Gasteiger partial charge in [0.15, 0.2) is 0 Å². The molecule has 0 saturated heterocycles. The van der Waals surface area contributed by atoms with Crippen LogP contribution in [0.5, 0.6) is 0 Å². The number of rotatable bonds is 4. The van der Waals surface area contributed by atoms with Crippen LogP contribution in [0, 0.1) is 11.5 Å². The molecule has 7 aromatic carbocycles. The van der Waals surface area contributed by atoms with E-state index in [1.54, 1.807) is 0 Å². The van der Waals surface area contributed by atoms with Crippen molar-refractivity contribution in [3.63, 3.8) is 0 Å². The Morgan fingerprint density at radius 3 is 1.12 bits per heavy atom. The summed E-state index contributed by atoms with van der Waals surface area (Å²) in [5, 5.41) is 8.74. The molecule has 1 heteroatoms. The largest absolute Gasteiger partial charge is 0.230 e. The first-order valence-corrected chi connectivity index (χ1v) is 19.4. The van der Waals surface area contributed by atoms with Crippen LogP contribution in [-0.2, 0) is 10.8 Å². The first-order chi connectivity index (χ1) is 23.6. The number of hydrogen-bond acceptors (Lipinski definition) is 0. The van der Waals surface area contributed by atoms with Gasteiger partial charge in [0, 0.05) is 5.56 Å². The molecule has 0 aromatic heterocycles. The highest BCUT2D eigenvalue weighted by atomic mass is 28.3. The molecule has 0 fully saturated rings. The summed E-state index contributed by atoms with van der Waals surface area (Å²) in [6.45, 7) is 13.9. The highest BCUT2D eigenvalue weighted by Gasteiger charge is 2.38. The fourth-order valence-electron chi connectivity index (χ4n) is 7.15. The lowest BCUT2D eigenvalue weighted by atomic mass is 9.78. The smallest absolute Gasteiger partial charge is 0.109 e. The van der Waals surface area contributed by atoms with Crippen LogP contribution in [0.3, 0.4) is 0 Å². The zero-order valence-electron chi connectivity index (χ0n) is 29.5. The summed E-state index contributed by atoms with van der Waals surface area (Å²) in [6, 6.07) is 57.9. The maximum Gasteiger partial charge on any atom is 0.230 e. The third-order valence-electron chi connectivity index (χ3n) is 9.88. The van der Waals surface area contributed by atoms with E-state index in [0.717, 1.165) is 5.56 Å². The molecule has 49 heavy (non-hydrogen) atoms. The Balaban J connectivity index is 1.58. The van der Waals surface area contributed by atoms with E-state index in [2.05, 4.69) is 211 Å². The van der Waals surface area contributed by atoms with Gasteiger partial charge in [-0.2, -0.15) is 0 Å². The number of fused-ring (bicyclic) bond motifs is 2. The monoisotopic (exact) mass is 648 g/mol. The van der Waals surface area contributed by atoms with Crippen molar-refractivity contribution >= 4 is 45.2 Å². The summed E-state index contributed by atoms with van der Waals surface area (Å²) in [4.78, 5) is 0. The van der Waals surface area contributed by atoms with Gasteiger partial charge in [-0.3, -0.25) is 0 Å². The van der Waals surface area contributed by atoms with Gasteiger partial charge in [0.1, 0.15) is 0 Å². The highest BCUT2D eigenvalue weighted by Crippen LogP contribution is 2.42. The first kappa shape index (κ1) is 32.4. The lowest BCUT2D eigenvalue weighted by molar-refractivity contribution is 0.569. The Bertz CT molecular complexity index is 2140. The minimum absolute atomic E-state index is 0.0211. The average Bonchev–Trinajstić information content (AvgIpc) is 3.12. The van der Waals surface area contributed by atoms with E-state index in [1.165, 1.54) is 59.4 Å². The molecule has 0 bridgehead atoms. The molecule has 0 N–H and O–H groups in total. The average molecular weight is 649 g/mol. The second kappa shape index (κ2) is 12.7. The van der Waals surface area contributed by atoms with Crippen LogP contribution in [0.25, 0.3) is 32.7 Å². The molecule has 240 valence electrons. The molecule has 7 aromatic rings. The normalized spacial score (nSPS) is 12.1. The van der Waals surface area contributed by atoms with Crippen LogP contribution in [0.2, 0.25) is 0 Å². The fraction of sp³-hybridized carbons (Fsp3) is 0.167. The Morgan fingerprint density at radius 2 is 0.755 bits per heavy atom. The SMILES string of the molecule is CC(C)(C)c1cc(-c2c3ccccc3c(C#C[Si](c3ccccc3)(c3ccccc3)c3ccccc3)c3ccccc23)cc(C(C)(C)C)c1. The number of hydrogen-bond donors (Lipinski definition) is 0. The first-order valence-electron chi connectivity index (χ1n) is 17.4. The van der Waals surface area contributed by atoms with Gasteiger partial charge < -0.3 is 0 Å². The fourth-order valence-corrected chi connectivity index (χ4v) is 11.0. The van der Waals surface area contributed by atoms with Gasteiger partial charge in [0.05, 0.1) is 0 Å². The van der Waals surface area contributed by atoms with Crippen LogP contribution in [0.1, 0.15) is 58.2 Å². The van der Waals surface area contributed by atoms with E-state index < -0.39 is 8.07 Å². The maximum absolute atomic E-state index is 4.09. The van der Waals surface area contributed by atoms with Crippen molar-refractivity contribution in [3.05, 3.63) is 174 Å². The zero-order chi connectivity index (χ0) is 34.2. The summed E-state index contributed by atoms with van der Waals surface area (Å²) in [6.07, 6.45) is 0. The van der Waals surface area contributed by atoms with E-state index in [9.17, 15) is 0 Å². The summed E-state index contributed by atoms with van der Waals surface area (Å²) < 4.78 is 0. The van der Waals surface area contributed by atoms with Crippen molar-refractivity contribution < 1.29 is 0 Å². The third kappa shape index (κ3) is 6.03. The van der Waals surface area contributed by atoms with Crippen molar-refractivity contribution in [2.24, 2.45) is 0 Å². The second-order valence-corrected chi connectivity index (χ2v) is 18.7. The molecular weight excluding hydrogens is 605 g/mol. The van der Waals surface area contributed by atoms with Gasteiger partial charge in [-0.15, -0.1) is 5.54 Å². The molecule has 0 atom stereocenters. The van der Waals surface area contributed by atoms with Crippen molar-refractivity contribution in [2.75, 3.05) is 0 Å². The van der Waals surface area contributed by atoms with Gasteiger partial charge in [0.25, 0.3) is 0 Å². The zero-order valence-corrected chi connectivity index (χ0v) is 30.5. The molecule has 0 spiro atoms. The minimum atomic E-state index is -2.78. The van der Waals surface area contributed by atoms with Gasteiger partial charge >= 0.3 is 0 Å². The van der Waals surface area contributed by atoms with Crippen molar-refractivity contribution in [3.8, 4) is 22.6 Å². The molecule has 0 radical (unpaired) electrons. The topological polar surface area (TPSA) is 0 Å². The van der Waals surface area contributed by atoms with Crippen molar-refractivity contribution in [1.82, 2.24) is 0 Å². The molecule has 0 aliphatic heterocycles. The highest BCUT2D eigenvalue weighted by molar-refractivity contribution is 7.16. The van der Waals surface area contributed by atoms with Gasteiger partial charge in [-0.1, -0.05) is 205 Å². The Labute approximate surface area is 293 Å². The van der Waals surface area contributed by atoms with E-state index in [-0.39, 0.29) is 10.8 Å². The molecular formula is C48H44Si. The van der Waals surface area contributed by atoms with Gasteiger partial charge in [0.2, 0.25) is 8.07 Å². The van der Waals surface area contributed by atoms with Gasteiger partial charge in [-0.25, -0.2) is 0 Å². The van der Waals surface area contributed by atoms with Crippen LogP contribution in [0.15, 0.2) is 158 Å². The molecule has 0 saturated carbocycles. The molecule has 0 amide bonds. The molecule has 0 nitrogen and oxygen atoms in total. The third-order valence-corrected chi connectivity index (χ3v) is 14.0. The second-order valence-electron chi connectivity index (χ2n) is 15.2. The van der Waals surface area contributed by atoms with Crippen LogP contribution in [-0.4, -0.2) is 8.07 Å². The molecule has 0 aliphatic rings. The van der Waals surface area contributed by atoms with Gasteiger partial charge in [-0.05, 0) is 70.2 Å². The van der Waals surface area contributed by atoms with Crippen LogP contribution < -0.4 is 15.6 Å². The molecule has 0 heterocycles. The van der Waals surface area contributed by atoms with Crippen LogP contribution in [0.4, 0.5) is 0 Å². The Morgan fingerprint density at radius 1 is 0.408 bits per heavy atom. The van der Waals surface area contributed by atoms with Crippen LogP contribution >= 0.6 is 0 Å². The van der Waals surface area contributed by atoms with E-state index >= 15 is 0 Å². The Kier molecular flexibility index (Phi) is 8.39. The van der Waals surface area contributed by atoms with Crippen molar-refractivity contribution in [2.45, 2.75) is 52.4 Å². The lowest BCUT2D eigenvalue weighted by Crippen LogP contribution is -2.66.